The molecule has 0 aromatic carbocycles. The van der Waals surface area contributed by atoms with Crippen molar-refractivity contribution in [2.45, 2.75) is 22.8 Å². The molecule has 0 amide bonds. The molecule has 1 N–H and O–H groups in total. The number of imidazole rings is 1. The minimum absolute atomic E-state index is 0.497. The van der Waals surface area contributed by atoms with E-state index in [4.69, 9.17) is 0 Å². The van der Waals surface area contributed by atoms with E-state index >= 15 is 0 Å². The van der Waals surface area contributed by atoms with Crippen LogP contribution >= 0.6 is 23.3 Å². The van der Waals surface area contributed by atoms with Crippen molar-refractivity contribution < 1.29 is 0 Å². The van der Waals surface area contributed by atoms with Gasteiger partial charge >= 0.3 is 0 Å². The van der Waals surface area contributed by atoms with E-state index in [0.29, 0.717) is 17.1 Å². The fraction of sp³-hybridized carbons (Fsp3) is 0.273. The number of hydrogen-bond acceptors (Lipinski definition) is 9. The summed E-state index contributed by atoms with van der Waals surface area (Å²) in [4.78, 5) is 21.4. The van der Waals surface area contributed by atoms with Crippen molar-refractivity contribution in [1.29, 1.82) is 0 Å². The topological polar surface area (TPSA) is 94.3 Å². The van der Waals surface area contributed by atoms with Crippen LogP contribution in [0.15, 0.2) is 28.2 Å². The minimum atomic E-state index is 0.497. The molecule has 108 valence electrons. The predicted octanol–water partition coefficient (Wildman–Crippen LogP) is 1.66. The lowest BCUT2D eigenvalue weighted by Crippen LogP contribution is -2.06. The lowest BCUT2D eigenvalue weighted by molar-refractivity contribution is 0.827. The van der Waals surface area contributed by atoms with Gasteiger partial charge in [0.05, 0.1) is 0 Å². The van der Waals surface area contributed by atoms with Gasteiger partial charge in [-0.1, -0.05) is 6.92 Å². The summed E-state index contributed by atoms with van der Waals surface area (Å²) in [6.07, 6.45) is 5.91. The summed E-state index contributed by atoms with van der Waals surface area (Å²) in [7, 11) is 1.77. The Balaban J connectivity index is 1.92. The quantitative estimate of drug-likeness (QED) is 0.758. The molecule has 0 aliphatic heterocycles. The van der Waals surface area contributed by atoms with Crippen LogP contribution in [0.1, 0.15) is 12.7 Å². The highest BCUT2D eigenvalue weighted by molar-refractivity contribution is 8.00. The van der Waals surface area contributed by atoms with E-state index < -0.39 is 0 Å². The monoisotopic (exact) mass is 320 g/mol. The third kappa shape index (κ3) is 3.16. The van der Waals surface area contributed by atoms with Crippen LogP contribution in [-0.4, -0.2) is 40.9 Å². The van der Waals surface area contributed by atoms with Crippen molar-refractivity contribution in [2.75, 3.05) is 12.4 Å². The summed E-state index contributed by atoms with van der Waals surface area (Å²) >= 11 is 2.72. The number of rotatable bonds is 5. The molecule has 3 rings (SSSR count). The molecule has 0 atom stereocenters. The van der Waals surface area contributed by atoms with Gasteiger partial charge in [0.2, 0.25) is 17.1 Å². The number of nitrogens with one attached hydrogen (secondary N) is 1. The SMILES string of the molecule is CCc1nsc(Sc2nc(NC)nc(-n3ccnc3)n2)n1. The first-order valence-electron chi connectivity index (χ1n) is 6.21. The molecule has 0 spiro atoms. The molecule has 0 saturated heterocycles. The van der Waals surface area contributed by atoms with Crippen LogP contribution in [0.4, 0.5) is 5.95 Å². The van der Waals surface area contributed by atoms with Crippen molar-refractivity contribution in [3.63, 3.8) is 0 Å². The van der Waals surface area contributed by atoms with Gasteiger partial charge in [0.25, 0.3) is 0 Å². The Morgan fingerprint density at radius 2 is 2.19 bits per heavy atom. The fourth-order valence-electron chi connectivity index (χ4n) is 1.50. The summed E-state index contributed by atoms with van der Waals surface area (Å²) in [5.74, 6) is 1.84. The van der Waals surface area contributed by atoms with E-state index in [0.717, 1.165) is 16.6 Å². The van der Waals surface area contributed by atoms with Gasteiger partial charge in [-0.3, -0.25) is 4.57 Å². The molecular weight excluding hydrogens is 308 g/mol. The average molecular weight is 320 g/mol. The Kier molecular flexibility index (Phi) is 4.06. The van der Waals surface area contributed by atoms with Crippen molar-refractivity contribution in [1.82, 2.24) is 33.9 Å². The second kappa shape index (κ2) is 6.14. The standard InChI is InChI=1S/C11H12N8S2/c1-3-7-14-11(21-18-7)20-10-16-8(12-2)15-9(17-10)19-5-4-13-6-19/h4-6H,3H2,1-2H3,(H,12,15,16,17). The second-order valence-electron chi connectivity index (χ2n) is 3.89. The largest absolute Gasteiger partial charge is 0.357 e. The molecule has 3 heterocycles. The summed E-state index contributed by atoms with van der Waals surface area (Å²) in [5.41, 5.74) is 0. The molecule has 0 radical (unpaired) electrons. The number of aromatic nitrogens is 7. The fourth-order valence-corrected chi connectivity index (χ4v) is 3.05. The molecule has 0 aliphatic carbocycles. The van der Waals surface area contributed by atoms with Gasteiger partial charge in [-0.2, -0.15) is 19.3 Å². The maximum Gasteiger partial charge on any atom is 0.240 e. The number of hydrogen-bond donors (Lipinski definition) is 1. The Labute approximate surface area is 129 Å². The van der Waals surface area contributed by atoms with E-state index in [9.17, 15) is 0 Å². The highest BCUT2D eigenvalue weighted by atomic mass is 32.2. The van der Waals surface area contributed by atoms with Crippen molar-refractivity contribution in [3.05, 3.63) is 24.5 Å². The maximum atomic E-state index is 4.42. The third-order valence-corrected chi connectivity index (χ3v) is 4.16. The molecule has 8 nitrogen and oxygen atoms in total. The first-order chi connectivity index (χ1) is 10.3. The summed E-state index contributed by atoms with van der Waals surface area (Å²) < 4.78 is 6.80. The molecule has 0 unspecified atom stereocenters. The van der Waals surface area contributed by atoms with Crippen molar-refractivity contribution >= 4 is 29.2 Å². The first-order valence-corrected chi connectivity index (χ1v) is 7.80. The lowest BCUT2D eigenvalue weighted by Gasteiger charge is -2.05. The molecule has 0 aliphatic rings. The molecule has 3 aromatic rings. The van der Waals surface area contributed by atoms with Crippen LogP contribution in [0.3, 0.4) is 0 Å². The zero-order valence-electron chi connectivity index (χ0n) is 11.4. The first kappa shape index (κ1) is 13.9. The Bertz CT molecular complexity index is 724. The maximum absolute atomic E-state index is 4.42. The Morgan fingerprint density at radius 3 is 2.86 bits per heavy atom. The minimum Gasteiger partial charge on any atom is -0.357 e. The van der Waals surface area contributed by atoms with Crippen LogP contribution in [0.5, 0.6) is 0 Å². The summed E-state index contributed by atoms with van der Waals surface area (Å²) in [6, 6.07) is 0. The smallest absolute Gasteiger partial charge is 0.240 e. The molecule has 10 heteroatoms. The molecule has 0 saturated carbocycles. The van der Waals surface area contributed by atoms with Crippen LogP contribution in [-0.2, 0) is 6.42 Å². The lowest BCUT2D eigenvalue weighted by atomic mass is 10.5. The molecular formula is C11H12N8S2. The highest BCUT2D eigenvalue weighted by Crippen LogP contribution is 2.27. The van der Waals surface area contributed by atoms with Gasteiger partial charge < -0.3 is 5.32 Å². The van der Waals surface area contributed by atoms with Gasteiger partial charge in [-0.25, -0.2) is 9.97 Å². The van der Waals surface area contributed by atoms with E-state index in [1.807, 2.05) is 6.92 Å². The predicted molar refractivity (Wildman–Crippen MR) is 79.9 cm³/mol. The number of anilines is 1. The van der Waals surface area contributed by atoms with Crippen LogP contribution < -0.4 is 5.32 Å². The average Bonchev–Trinajstić information content (AvgIpc) is 3.18. The van der Waals surface area contributed by atoms with Gasteiger partial charge in [-0.05, 0) is 23.3 Å². The van der Waals surface area contributed by atoms with Crippen LogP contribution in [0.2, 0.25) is 0 Å². The van der Waals surface area contributed by atoms with E-state index in [1.54, 1.807) is 30.3 Å². The van der Waals surface area contributed by atoms with E-state index in [1.165, 1.54) is 23.3 Å². The summed E-state index contributed by atoms with van der Waals surface area (Å²) in [6.45, 7) is 2.02. The van der Waals surface area contributed by atoms with E-state index in [-0.39, 0.29) is 0 Å². The van der Waals surface area contributed by atoms with Crippen molar-refractivity contribution in [3.8, 4) is 5.95 Å². The molecule has 21 heavy (non-hydrogen) atoms. The molecule has 0 fully saturated rings. The highest BCUT2D eigenvalue weighted by Gasteiger charge is 2.11. The van der Waals surface area contributed by atoms with E-state index in [2.05, 4.69) is 34.6 Å². The zero-order chi connectivity index (χ0) is 14.7. The zero-order valence-corrected chi connectivity index (χ0v) is 13.0. The van der Waals surface area contributed by atoms with Crippen LogP contribution in [0.25, 0.3) is 5.95 Å². The summed E-state index contributed by atoms with van der Waals surface area (Å²) in [5, 5.41) is 3.50. The molecule has 0 bridgehead atoms. The van der Waals surface area contributed by atoms with Crippen molar-refractivity contribution in [2.24, 2.45) is 0 Å². The normalized spacial score (nSPS) is 10.8. The number of aryl methyl sites for hydroxylation is 1. The Morgan fingerprint density at radius 1 is 1.29 bits per heavy atom. The third-order valence-electron chi connectivity index (χ3n) is 2.51. The van der Waals surface area contributed by atoms with Gasteiger partial charge in [0, 0.05) is 25.9 Å². The van der Waals surface area contributed by atoms with Gasteiger partial charge in [0.1, 0.15) is 12.2 Å². The Hall–Kier alpha value is -2.07. The molecule has 3 aromatic heterocycles. The van der Waals surface area contributed by atoms with Gasteiger partial charge in [-0.15, -0.1) is 0 Å². The number of nitrogens with zero attached hydrogens (tertiary/aromatic N) is 7. The second-order valence-corrected chi connectivity index (χ2v) is 5.86. The van der Waals surface area contributed by atoms with Crippen LogP contribution in [0, 0.1) is 0 Å². The van der Waals surface area contributed by atoms with Gasteiger partial charge in [0.15, 0.2) is 4.34 Å².